The Labute approximate surface area is 158 Å². The molecule has 1 unspecified atom stereocenters. The third kappa shape index (κ3) is 5.81. The van der Waals surface area contributed by atoms with E-state index in [4.69, 9.17) is 9.73 Å². The molecular formula is C19H37N5O2. The van der Waals surface area contributed by atoms with Gasteiger partial charge in [0.2, 0.25) is 0 Å². The molecule has 3 heterocycles. The van der Waals surface area contributed by atoms with E-state index in [2.05, 4.69) is 26.9 Å². The maximum atomic E-state index is 9.59. The Balaban J connectivity index is 1.42. The van der Waals surface area contributed by atoms with Crippen molar-refractivity contribution in [3.63, 3.8) is 0 Å². The van der Waals surface area contributed by atoms with Crippen molar-refractivity contribution >= 4 is 5.96 Å². The molecule has 0 aromatic rings. The monoisotopic (exact) mass is 367 g/mol. The molecule has 2 N–H and O–H groups in total. The van der Waals surface area contributed by atoms with Crippen LogP contribution in [-0.4, -0.2) is 110 Å². The molecule has 0 spiro atoms. The number of nitrogens with zero attached hydrogens (tertiary/aromatic N) is 4. The van der Waals surface area contributed by atoms with Crippen molar-refractivity contribution in [1.82, 2.24) is 20.0 Å². The summed E-state index contributed by atoms with van der Waals surface area (Å²) in [7, 11) is 0. The maximum absolute atomic E-state index is 9.59. The molecule has 0 saturated carbocycles. The molecular weight excluding hydrogens is 330 g/mol. The molecule has 0 aromatic carbocycles. The molecule has 1 atom stereocenters. The van der Waals surface area contributed by atoms with Crippen LogP contribution in [0, 0.1) is 0 Å². The molecule has 0 aromatic heterocycles. The molecule has 3 aliphatic rings. The highest BCUT2D eigenvalue weighted by molar-refractivity contribution is 5.80. The first-order valence-corrected chi connectivity index (χ1v) is 10.5. The van der Waals surface area contributed by atoms with Crippen molar-refractivity contribution in [2.75, 3.05) is 72.1 Å². The van der Waals surface area contributed by atoms with Gasteiger partial charge in [-0.05, 0) is 39.2 Å². The van der Waals surface area contributed by atoms with Gasteiger partial charge in [-0.2, -0.15) is 0 Å². The van der Waals surface area contributed by atoms with Crippen LogP contribution >= 0.6 is 0 Å². The second-order valence-electron chi connectivity index (χ2n) is 7.70. The molecule has 7 heteroatoms. The Morgan fingerprint density at radius 2 is 1.88 bits per heavy atom. The molecule has 0 amide bonds. The normalized spacial score (nSPS) is 27.2. The quantitative estimate of drug-likeness (QED) is 0.397. The number of likely N-dealkylation sites (tertiary alicyclic amines) is 2. The summed E-state index contributed by atoms with van der Waals surface area (Å²) in [6.45, 7) is 13.1. The van der Waals surface area contributed by atoms with Gasteiger partial charge in [-0.15, -0.1) is 0 Å². The number of guanidine groups is 1. The van der Waals surface area contributed by atoms with Crippen molar-refractivity contribution in [1.29, 1.82) is 0 Å². The zero-order valence-corrected chi connectivity index (χ0v) is 16.4. The molecule has 7 nitrogen and oxygen atoms in total. The number of aliphatic hydroxyl groups excluding tert-OH is 1. The largest absolute Gasteiger partial charge is 0.393 e. The van der Waals surface area contributed by atoms with Crippen molar-refractivity contribution in [3.05, 3.63) is 0 Å². The van der Waals surface area contributed by atoms with Crippen LogP contribution < -0.4 is 5.32 Å². The molecule has 3 rings (SSSR count). The Morgan fingerprint density at radius 3 is 2.62 bits per heavy atom. The van der Waals surface area contributed by atoms with E-state index >= 15 is 0 Å². The van der Waals surface area contributed by atoms with Gasteiger partial charge in [0.25, 0.3) is 0 Å². The topological polar surface area (TPSA) is 63.6 Å². The van der Waals surface area contributed by atoms with Crippen LogP contribution in [0.25, 0.3) is 0 Å². The maximum Gasteiger partial charge on any atom is 0.193 e. The van der Waals surface area contributed by atoms with Crippen LogP contribution in [0.4, 0.5) is 0 Å². The van der Waals surface area contributed by atoms with E-state index in [9.17, 15) is 5.11 Å². The summed E-state index contributed by atoms with van der Waals surface area (Å²) >= 11 is 0. The second-order valence-corrected chi connectivity index (χ2v) is 7.70. The molecule has 3 aliphatic heterocycles. The molecule has 0 radical (unpaired) electrons. The fourth-order valence-corrected chi connectivity index (χ4v) is 4.22. The summed E-state index contributed by atoms with van der Waals surface area (Å²) in [6, 6.07) is 0.641. The number of morpholine rings is 1. The van der Waals surface area contributed by atoms with E-state index in [0.717, 1.165) is 97.3 Å². The Kier molecular flexibility index (Phi) is 7.98. The van der Waals surface area contributed by atoms with Crippen molar-refractivity contribution in [2.24, 2.45) is 4.99 Å². The molecule has 26 heavy (non-hydrogen) atoms. The third-order valence-electron chi connectivity index (χ3n) is 5.81. The first-order chi connectivity index (χ1) is 12.8. The Hall–Kier alpha value is -0.890. The first kappa shape index (κ1) is 19.9. The fourth-order valence-electron chi connectivity index (χ4n) is 4.22. The van der Waals surface area contributed by atoms with Gasteiger partial charge in [-0.3, -0.25) is 9.89 Å². The third-order valence-corrected chi connectivity index (χ3v) is 5.81. The van der Waals surface area contributed by atoms with Crippen LogP contribution in [-0.2, 0) is 4.74 Å². The average Bonchev–Trinajstić information content (AvgIpc) is 3.16. The van der Waals surface area contributed by atoms with Gasteiger partial charge in [0.15, 0.2) is 5.96 Å². The lowest BCUT2D eigenvalue weighted by Crippen LogP contribution is -2.46. The van der Waals surface area contributed by atoms with Gasteiger partial charge >= 0.3 is 0 Å². The lowest BCUT2D eigenvalue weighted by atomic mass is 10.1. The minimum Gasteiger partial charge on any atom is -0.393 e. The summed E-state index contributed by atoms with van der Waals surface area (Å²) in [5, 5.41) is 13.1. The van der Waals surface area contributed by atoms with Crippen LogP contribution in [0.2, 0.25) is 0 Å². The molecule has 0 bridgehead atoms. The number of ether oxygens (including phenoxy) is 1. The molecule has 3 saturated heterocycles. The number of nitrogens with one attached hydrogen (secondary N) is 1. The van der Waals surface area contributed by atoms with Gasteiger partial charge < -0.3 is 25.0 Å². The summed E-state index contributed by atoms with van der Waals surface area (Å²) < 4.78 is 5.48. The van der Waals surface area contributed by atoms with E-state index in [0.29, 0.717) is 6.04 Å². The number of aliphatic hydroxyl groups is 1. The standard InChI is InChI=1S/C19H37N5O2/c1-2-20-19(21-7-3-8-22-9-5-18(25)6-10-22)24-11-4-17(16-24)23-12-14-26-15-13-23/h17-18,25H,2-16H2,1H3,(H,20,21). The smallest absolute Gasteiger partial charge is 0.193 e. The van der Waals surface area contributed by atoms with Gasteiger partial charge in [-0.25, -0.2) is 0 Å². The van der Waals surface area contributed by atoms with E-state index in [1.165, 1.54) is 6.42 Å². The lowest BCUT2D eigenvalue weighted by Gasteiger charge is -2.32. The van der Waals surface area contributed by atoms with E-state index in [1.54, 1.807) is 0 Å². The van der Waals surface area contributed by atoms with Crippen molar-refractivity contribution in [2.45, 2.75) is 44.8 Å². The number of hydrogen-bond acceptors (Lipinski definition) is 5. The highest BCUT2D eigenvalue weighted by atomic mass is 16.5. The van der Waals surface area contributed by atoms with Gasteiger partial charge in [0.05, 0.1) is 19.3 Å². The predicted molar refractivity (Wildman–Crippen MR) is 105 cm³/mol. The molecule has 150 valence electrons. The number of piperidine rings is 1. The van der Waals surface area contributed by atoms with Gasteiger partial charge in [0.1, 0.15) is 0 Å². The predicted octanol–water partition coefficient (Wildman–Crippen LogP) is 0.205. The average molecular weight is 368 g/mol. The van der Waals surface area contributed by atoms with Gasteiger partial charge in [-0.1, -0.05) is 0 Å². The summed E-state index contributed by atoms with van der Waals surface area (Å²) in [4.78, 5) is 12.4. The number of aliphatic imine (C=N–C) groups is 1. The second kappa shape index (κ2) is 10.4. The Morgan fingerprint density at radius 1 is 1.12 bits per heavy atom. The first-order valence-electron chi connectivity index (χ1n) is 10.5. The van der Waals surface area contributed by atoms with Gasteiger partial charge in [0, 0.05) is 58.4 Å². The van der Waals surface area contributed by atoms with E-state index in [-0.39, 0.29) is 6.10 Å². The minimum absolute atomic E-state index is 0.0841. The molecule has 0 aliphatic carbocycles. The van der Waals surface area contributed by atoms with E-state index < -0.39 is 0 Å². The Bertz CT molecular complexity index is 434. The lowest BCUT2D eigenvalue weighted by molar-refractivity contribution is 0.0195. The zero-order valence-electron chi connectivity index (χ0n) is 16.4. The fraction of sp³-hybridized carbons (Fsp3) is 0.947. The highest BCUT2D eigenvalue weighted by Crippen LogP contribution is 2.17. The van der Waals surface area contributed by atoms with E-state index in [1.807, 2.05) is 0 Å². The highest BCUT2D eigenvalue weighted by Gasteiger charge is 2.30. The van der Waals surface area contributed by atoms with Crippen LogP contribution in [0.3, 0.4) is 0 Å². The van der Waals surface area contributed by atoms with Crippen LogP contribution in [0.1, 0.15) is 32.6 Å². The van der Waals surface area contributed by atoms with Crippen LogP contribution in [0.15, 0.2) is 4.99 Å². The summed E-state index contributed by atoms with van der Waals surface area (Å²) in [5.74, 6) is 1.08. The zero-order chi connectivity index (χ0) is 18.2. The van der Waals surface area contributed by atoms with Crippen LogP contribution in [0.5, 0.6) is 0 Å². The summed E-state index contributed by atoms with van der Waals surface area (Å²) in [6.07, 6.45) is 4.07. The molecule has 3 fully saturated rings. The van der Waals surface area contributed by atoms with Crippen molar-refractivity contribution in [3.8, 4) is 0 Å². The minimum atomic E-state index is -0.0841. The SMILES string of the molecule is CCNC(=NCCCN1CCC(O)CC1)N1CCC(N2CCOCC2)C1. The summed E-state index contributed by atoms with van der Waals surface area (Å²) in [5.41, 5.74) is 0. The number of hydrogen-bond donors (Lipinski definition) is 2. The van der Waals surface area contributed by atoms with Crippen molar-refractivity contribution < 1.29 is 9.84 Å². The number of rotatable bonds is 6.